The highest BCUT2D eigenvalue weighted by Crippen LogP contribution is 2.44. The summed E-state index contributed by atoms with van der Waals surface area (Å²) in [5, 5.41) is 12.6. The van der Waals surface area contributed by atoms with Crippen LogP contribution in [0.15, 0.2) is 34.7 Å². The van der Waals surface area contributed by atoms with Gasteiger partial charge in [-0.15, -0.1) is 0 Å². The fourth-order valence-electron chi connectivity index (χ4n) is 4.39. The largest absolute Gasteiger partial charge is 0.760 e. The van der Waals surface area contributed by atoms with Crippen LogP contribution in [0.25, 0.3) is 22.4 Å². The third-order valence-electron chi connectivity index (χ3n) is 6.91. The summed E-state index contributed by atoms with van der Waals surface area (Å²) in [6, 6.07) is 9.59. The van der Waals surface area contributed by atoms with Crippen molar-refractivity contribution in [3.63, 3.8) is 0 Å². The van der Waals surface area contributed by atoms with Crippen molar-refractivity contribution in [2.75, 3.05) is 13.6 Å². The van der Waals surface area contributed by atoms with E-state index in [4.69, 9.17) is 9.40 Å². The second-order valence-corrected chi connectivity index (χ2v) is 11.2. The summed E-state index contributed by atoms with van der Waals surface area (Å²) in [7, 11) is 1.57. The molecule has 1 fully saturated rings. The van der Waals surface area contributed by atoms with Crippen molar-refractivity contribution in [1.29, 1.82) is 0 Å². The van der Waals surface area contributed by atoms with Crippen LogP contribution in [-0.4, -0.2) is 48.6 Å². The number of carboxylic acid groups (broad SMARTS) is 1. The molecule has 0 bridgehead atoms. The van der Waals surface area contributed by atoms with Crippen LogP contribution in [-0.2, 0) is 22.6 Å². The van der Waals surface area contributed by atoms with Crippen molar-refractivity contribution < 1.29 is 27.9 Å². The molecular formula is C27H32N3O6S-. The first kappa shape index (κ1) is 27.0. The summed E-state index contributed by atoms with van der Waals surface area (Å²) in [6.45, 7) is 5.45. The van der Waals surface area contributed by atoms with Gasteiger partial charge in [0.15, 0.2) is 0 Å². The molecule has 1 atom stereocenters. The van der Waals surface area contributed by atoms with Gasteiger partial charge in [-0.05, 0) is 64.0 Å². The lowest BCUT2D eigenvalue weighted by Crippen LogP contribution is -2.30. The number of nitrogens with zero attached hydrogens (tertiary/aromatic N) is 2. The smallest absolute Gasteiger partial charge is 0.309 e. The lowest BCUT2D eigenvalue weighted by Gasteiger charge is -2.26. The number of aliphatic carboxylic acids is 1. The predicted molar refractivity (Wildman–Crippen MR) is 140 cm³/mol. The summed E-state index contributed by atoms with van der Waals surface area (Å²) < 4.78 is 31.5. The zero-order chi connectivity index (χ0) is 26.9. The molecule has 0 aliphatic heterocycles. The highest BCUT2D eigenvalue weighted by atomic mass is 32.2. The molecule has 9 nitrogen and oxygen atoms in total. The molecule has 1 aromatic carbocycles. The van der Waals surface area contributed by atoms with Crippen LogP contribution >= 0.6 is 0 Å². The fourth-order valence-corrected chi connectivity index (χ4v) is 4.89. The number of furan rings is 1. The first-order valence-corrected chi connectivity index (χ1v) is 13.4. The fraction of sp³-hybridized carbons (Fsp3) is 0.444. The maximum atomic E-state index is 12.9. The first-order valence-electron chi connectivity index (χ1n) is 12.3. The number of amides is 1. The number of benzene rings is 1. The third kappa shape index (κ3) is 5.92. The van der Waals surface area contributed by atoms with Crippen molar-refractivity contribution in [3.05, 3.63) is 52.7 Å². The topological polar surface area (TPSA) is 136 Å². The molecule has 2 N–H and O–H groups in total. The number of hydrogen-bond donors (Lipinski definition) is 2. The molecule has 0 spiro atoms. The summed E-state index contributed by atoms with van der Waals surface area (Å²) >= 11 is -2.52. The third-order valence-corrected chi connectivity index (χ3v) is 7.64. The van der Waals surface area contributed by atoms with Gasteiger partial charge in [-0.25, -0.2) is 9.29 Å². The Morgan fingerprint density at radius 1 is 1.27 bits per heavy atom. The molecule has 37 heavy (non-hydrogen) atoms. The van der Waals surface area contributed by atoms with Crippen LogP contribution in [0.4, 0.5) is 0 Å². The van der Waals surface area contributed by atoms with Gasteiger partial charge in [-0.2, -0.15) is 0 Å². The lowest BCUT2D eigenvalue weighted by molar-refractivity contribution is -0.147. The van der Waals surface area contributed by atoms with E-state index >= 15 is 0 Å². The first-order chi connectivity index (χ1) is 17.5. The molecule has 4 rings (SSSR count). The molecule has 1 unspecified atom stereocenters. The molecule has 1 aliphatic rings. The highest BCUT2D eigenvalue weighted by molar-refractivity contribution is 7.76. The van der Waals surface area contributed by atoms with Gasteiger partial charge in [-0.3, -0.25) is 13.8 Å². The average molecular weight is 527 g/mol. The molecule has 1 aliphatic carbocycles. The molecule has 1 amide bonds. The SMILES string of the molecule is CNC(=O)c1c(-c2ccc(C)cc2)oc2nc(CN(CCCC(C)(C)C(=O)O)S(=O)[O-])c(C3CC3)cc12. The van der Waals surface area contributed by atoms with E-state index in [1.54, 1.807) is 20.9 Å². The molecule has 10 heteroatoms. The minimum absolute atomic E-state index is 0.0429. The van der Waals surface area contributed by atoms with E-state index in [9.17, 15) is 23.5 Å². The van der Waals surface area contributed by atoms with Crippen LogP contribution in [0.2, 0.25) is 0 Å². The zero-order valence-corrected chi connectivity index (χ0v) is 22.3. The molecule has 1 saturated carbocycles. The average Bonchev–Trinajstić information content (AvgIpc) is 3.63. The number of carbonyl (C=O) groups is 2. The molecule has 2 heterocycles. The van der Waals surface area contributed by atoms with E-state index in [0.29, 0.717) is 35.2 Å². The Hall–Kier alpha value is -3.08. The van der Waals surface area contributed by atoms with Crippen molar-refractivity contribution in [2.45, 2.75) is 58.9 Å². The van der Waals surface area contributed by atoms with Crippen LogP contribution in [0, 0.1) is 12.3 Å². The lowest BCUT2D eigenvalue weighted by atomic mass is 9.88. The van der Waals surface area contributed by atoms with Gasteiger partial charge in [0.25, 0.3) is 5.91 Å². The van der Waals surface area contributed by atoms with Crippen molar-refractivity contribution >= 4 is 34.2 Å². The van der Waals surface area contributed by atoms with E-state index in [-0.39, 0.29) is 30.6 Å². The number of fused-ring (bicyclic) bond motifs is 1. The van der Waals surface area contributed by atoms with Crippen LogP contribution in [0.3, 0.4) is 0 Å². The number of aryl methyl sites for hydroxylation is 1. The van der Waals surface area contributed by atoms with Crippen molar-refractivity contribution in [3.8, 4) is 11.3 Å². The highest BCUT2D eigenvalue weighted by Gasteiger charge is 2.31. The van der Waals surface area contributed by atoms with Gasteiger partial charge < -0.3 is 19.4 Å². The van der Waals surface area contributed by atoms with E-state index in [1.165, 1.54) is 4.31 Å². The molecule has 0 radical (unpaired) electrons. The van der Waals surface area contributed by atoms with Crippen molar-refractivity contribution in [1.82, 2.24) is 14.6 Å². The van der Waals surface area contributed by atoms with Gasteiger partial charge in [0.05, 0.1) is 28.6 Å². The maximum Gasteiger partial charge on any atom is 0.309 e. The summed E-state index contributed by atoms with van der Waals surface area (Å²) in [5.41, 5.74) is 3.07. The van der Waals surface area contributed by atoms with Crippen molar-refractivity contribution in [2.24, 2.45) is 5.41 Å². The van der Waals surface area contributed by atoms with Crippen LogP contribution in [0.5, 0.6) is 0 Å². The monoisotopic (exact) mass is 526 g/mol. The minimum atomic E-state index is -2.52. The Labute approximate surface area is 218 Å². The van der Waals surface area contributed by atoms with Gasteiger partial charge in [0, 0.05) is 30.4 Å². The quantitative estimate of drug-likeness (QED) is 0.350. The number of rotatable bonds is 11. The number of nitrogens with one attached hydrogen (secondary N) is 1. The second-order valence-electron chi connectivity index (χ2n) is 10.3. The van der Waals surface area contributed by atoms with Crippen LogP contribution < -0.4 is 5.32 Å². The van der Waals surface area contributed by atoms with E-state index in [2.05, 4.69) is 5.32 Å². The normalized spacial score (nSPS) is 14.8. The molecule has 2 aromatic heterocycles. The van der Waals surface area contributed by atoms with Gasteiger partial charge in [0.2, 0.25) is 5.71 Å². The number of carbonyl (C=O) groups excluding carboxylic acids is 1. The summed E-state index contributed by atoms with van der Waals surface area (Å²) in [5.74, 6) is -0.538. The number of pyridine rings is 1. The molecular weight excluding hydrogens is 494 g/mol. The number of carboxylic acids is 1. The molecule has 3 aromatic rings. The zero-order valence-electron chi connectivity index (χ0n) is 21.5. The Morgan fingerprint density at radius 3 is 2.51 bits per heavy atom. The van der Waals surface area contributed by atoms with Gasteiger partial charge >= 0.3 is 5.97 Å². The number of aromatic nitrogens is 1. The minimum Gasteiger partial charge on any atom is -0.760 e. The van der Waals surface area contributed by atoms with Crippen LogP contribution in [0.1, 0.15) is 72.6 Å². The Bertz CT molecular complexity index is 1340. The Balaban J connectivity index is 1.71. The predicted octanol–water partition coefficient (Wildman–Crippen LogP) is 4.53. The second kappa shape index (κ2) is 10.7. The van der Waals surface area contributed by atoms with E-state index < -0.39 is 22.7 Å². The maximum absolute atomic E-state index is 12.9. The molecule has 198 valence electrons. The summed E-state index contributed by atoms with van der Waals surface area (Å²) in [4.78, 5) is 29.1. The van der Waals surface area contributed by atoms with E-state index in [1.807, 2.05) is 37.3 Å². The summed E-state index contributed by atoms with van der Waals surface area (Å²) in [6.07, 6.45) is 2.66. The van der Waals surface area contributed by atoms with E-state index in [0.717, 1.165) is 29.5 Å². The standard InChI is InChI=1S/C27H33N3O6S/c1-16-6-8-18(9-7-16)23-22(24(31)28-4)20-14-19(17-10-11-17)21(29-25(20)36-23)15-30(37(34)35)13-5-12-27(2,3)26(32)33/h6-9,14,17H,5,10-13,15H2,1-4H3,(H,28,31)(H,32,33)(H,34,35)/p-1. The Kier molecular flexibility index (Phi) is 7.82. The molecule has 0 saturated heterocycles. The Morgan fingerprint density at radius 2 is 1.95 bits per heavy atom. The van der Waals surface area contributed by atoms with Gasteiger partial charge in [0.1, 0.15) is 5.76 Å². The number of hydrogen-bond acceptors (Lipinski definition) is 6. The van der Waals surface area contributed by atoms with Gasteiger partial charge in [-0.1, -0.05) is 29.8 Å².